The van der Waals surface area contributed by atoms with Gasteiger partial charge in [-0.15, -0.1) is 0 Å². The number of amides is 1. The number of benzene rings is 1. The van der Waals surface area contributed by atoms with Crippen LogP contribution in [0.2, 0.25) is 0 Å². The molecule has 2 aliphatic heterocycles. The van der Waals surface area contributed by atoms with E-state index in [1.54, 1.807) is 24.5 Å². The van der Waals surface area contributed by atoms with Gasteiger partial charge >= 0.3 is 0 Å². The molecule has 2 fully saturated rings. The van der Waals surface area contributed by atoms with E-state index < -0.39 is 0 Å². The summed E-state index contributed by atoms with van der Waals surface area (Å²) in [6.45, 7) is 7.31. The van der Waals surface area contributed by atoms with Crippen molar-refractivity contribution in [3.63, 3.8) is 0 Å². The molecule has 0 aliphatic carbocycles. The van der Waals surface area contributed by atoms with Gasteiger partial charge in [0.25, 0.3) is 5.91 Å². The van der Waals surface area contributed by atoms with Gasteiger partial charge < -0.3 is 24.7 Å². The highest BCUT2D eigenvalue weighted by Gasteiger charge is 2.27. The number of aromatic hydroxyl groups is 1. The maximum Gasteiger partial charge on any atom is 0.277 e. The van der Waals surface area contributed by atoms with Crippen LogP contribution in [-0.2, 0) is 4.79 Å². The Morgan fingerprint density at radius 3 is 2.21 bits per heavy atom. The number of carbonyl (C=O) groups excluding carboxylic acids is 1. The minimum absolute atomic E-state index is 0.241. The van der Waals surface area contributed by atoms with E-state index in [2.05, 4.69) is 19.8 Å². The molecule has 1 amide bonds. The average Bonchev–Trinajstić information content (AvgIpc) is 2.75. The number of carbonyl (C=O) groups is 1. The van der Waals surface area contributed by atoms with Crippen LogP contribution in [0, 0.1) is 0 Å². The smallest absolute Gasteiger partial charge is 0.277 e. The van der Waals surface area contributed by atoms with E-state index in [-0.39, 0.29) is 11.7 Å². The van der Waals surface area contributed by atoms with Crippen molar-refractivity contribution in [2.24, 2.45) is 0 Å². The topological polar surface area (TPSA) is 77.2 Å². The Morgan fingerprint density at radius 1 is 0.929 bits per heavy atom. The number of phenolic OH excluding ortho intramolecular Hbond substituents is 1. The van der Waals surface area contributed by atoms with Crippen LogP contribution in [0.1, 0.15) is 0 Å². The first kappa shape index (κ1) is 18.5. The number of aromatic nitrogens is 2. The van der Waals surface area contributed by atoms with Crippen molar-refractivity contribution in [1.82, 2.24) is 14.9 Å². The zero-order valence-electron chi connectivity index (χ0n) is 16.0. The van der Waals surface area contributed by atoms with E-state index in [1.165, 1.54) is 4.90 Å². The second kappa shape index (κ2) is 8.43. The molecule has 2 N–H and O–H groups in total. The summed E-state index contributed by atoms with van der Waals surface area (Å²) in [6.07, 6.45) is 3.53. The third-order valence-electron chi connectivity index (χ3n) is 5.55. The number of piperazine rings is 2. The van der Waals surface area contributed by atoms with E-state index >= 15 is 0 Å². The van der Waals surface area contributed by atoms with Crippen LogP contribution in [0.15, 0.2) is 42.7 Å². The Kier molecular flexibility index (Phi) is 5.57. The quantitative estimate of drug-likeness (QED) is 0.723. The normalized spacial score (nSPS) is 18.4. The predicted octanol–water partition coefficient (Wildman–Crippen LogP) is -0.764. The number of hydrogen-bond acceptors (Lipinski definition) is 6. The zero-order chi connectivity index (χ0) is 19.3. The van der Waals surface area contributed by atoms with Gasteiger partial charge in [-0.3, -0.25) is 4.79 Å². The SMILES string of the molecule is O=C(C[NH+]1CCN(c2ncccn2)CC1)N1CCN(c2ccc(O)cc2)CC1. The van der Waals surface area contributed by atoms with Crippen molar-refractivity contribution in [3.8, 4) is 5.75 Å². The number of phenols is 1. The van der Waals surface area contributed by atoms with E-state index in [9.17, 15) is 9.90 Å². The van der Waals surface area contributed by atoms with Crippen LogP contribution in [0.4, 0.5) is 11.6 Å². The van der Waals surface area contributed by atoms with Crippen LogP contribution in [0.3, 0.4) is 0 Å². The molecule has 148 valence electrons. The third kappa shape index (κ3) is 4.33. The van der Waals surface area contributed by atoms with Gasteiger partial charge in [0.15, 0.2) is 6.54 Å². The molecule has 0 saturated carbocycles. The van der Waals surface area contributed by atoms with Crippen molar-refractivity contribution < 1.29 is 14.8 Å². The summed E-state index contributed by atoms with van der Waals surface area (Å²) >= 11 is 0. The standard InChI is InChI=1S/C20H26N6O2/c27-18-4-2-17(3-5-18)24-12-14-25(15-13-24)19(28)16-23-8-10-26(11-9-23)20-21-6-1-7-22-20/h1-7,27H,8-16H2/p+1. The molecule has 0 atom stereocenters. The van der Waals surface area contributed by atoms with Crippen LogP contribution in [-0.4, -0.2) is 84.8 Å². The Morgan fingerprint density at radius 2 is 1.57 bits per heavy atom. The Bertz CT molecular complexity index is 769. The van der Waals surface area contributed by atoms with Crippen LogP contribution in [0.25, 0.3) is 0 Å². The Hall–Kier alpha value is -2.87. The van der Waals surface area contributed by atoms with E-state index in [1.807, 2.05) is 23.1 Å². The average molecular weight is 383 g/mol. The summed E-state index contributed by atoms with van der Waals surface area (Å²) in [4.78, 5) is 29.1. The Labute approximate surface area is 165 Å². The van der Waals surface area contributed by atoms with Gasteiger partial charge in [0, 0.05) is 44.3 Å². The first-order chi connectivity index (χ1) is 13.7. The number of rotatable bonds is 4. The lowest BCUT2D eigenvalue weighted by Gasteiger charge is -2.37. The molecule has 0 bridgehead atoms. The molecule has 1 aromatic carbocycles. The lowest BCUT2D eigenvalue weighted by molar-refractivity contribution is -0.892. The molecule has 1 aromatic heterocycles. The lowest BCUT2D eigenvalue weighted by Crippen LogP contribution is -3.16. The van der Waals surface area contributed by atoms with Gasteiger partial charge in [0.2, 0.25) is 5.95 Å². The zero-order valence-corrected chi connectivity index (χ0v) is 16.0. The molecule has 2 saturated heterocycles. The van der Waals surface area contributed by atoms with Gasteiger partial charge in [-0.05, 0) is 30.3 Å². The summed E-state index contributed by atoms with van der Waals surface area (Å²) in [5.41, 5.74) is 1.09. The molecule has 28 heavy (non-hydrogen) atoms. The summed E-state index contributed by atoms with van der Waals surface area (Å²) in [5, 5.41) is 9.42. The molecule has 0 unspecified atom stereocenters. The second-order valence-electron chi connectivity index (χ2n) is 7.35. The van der Waals surface area contributed by atoms with Gasteiger partial charge in [-0.25, -0.2) is 9.97 Å². The van der Waals surface area contributed by atoms with E-state index in [0.717, 1.165) is 64.0 Å². The lowest BCUT2D eigenvalue weighted by atomic mass is 10.2. The fourth-order valence-corrected chi connectivity index (χ4v) is 3.86. The Balaban J connectivity index is 1.22. The van der Waals surface area contributed by atoms with E-state index in [0.29, 0.717) is 6.54 Å². The number of quaternary nitrogens is 1. The first-order valence-electron chi connectivity index (χ1n) is 9.86. The molecule has 3 heterocycles. The summed E-state index contributed by atoms with van der Waals surface area (Å²) in [5.74, 6) is 1.29. The van der Waals surface area contributed by atoms with Crippen molar-refractivity contribution in [1.29, 1.82) is 0 Å². The molecule has 4 rings (SSSR count). The molecule has 8 nitrogen and oxygen atoms in total. The van der Waals surface area contributed by atoms with Crippen molar-refractivity contribution in [2.75, 3.05) is 68.7 Å². The van der Waals surface area contributed by atoms with Gasteiger partial charge in [0.1, 0.15) is 5.75 Å². The minimum Gasteiger partial charge on any atom is -0.508 e. The summed E-state index contributed by atoms with van der Waals surface area (Å²) < 4.78 is 0. The van der Waals surface area contributed by atoms with Crippen molar-refractivity contribution in [2.45, 2.75) is 0 Å². The maximum absolute atomic E-state index is 12.7. The maximum atomic E-state index is 12.7. The third-order valence-corrected chi connectivity index (χ3v) is 5.55. The second-order valence-corrected chi connectivity index (χ2v) is 7.35. The first-order valence-corrected chi connectivity index (χ1v) is 9.86. The molecular weight excluding hydrogens is 356 g/mol. The fraction of sp³-hybridized carbons (Fsp3) is 0.450. The largest absolute Gasteiger partial charge is 0.508 e. The van der Waals surface area contributed by atoms with Gasteiger partial charge in [-0.2, -0.15) is 0 Å². The number of nitrogens with one attached hydrogen (secondary N) is 1. The minimum atomic E-state index is 0.241. The van der Waals surface area contributed by atoms with Crippen molar-refractivity contribution >= 4 is 17.5 Å². The number of hydrogen-bond donors (Lipinski definition) is 2. The van der Waals surface area contributed by atoms with E-state index in [4.69, 9.17) is 0 Å². The highest BCUT2D eigenvalue weighted by atomic mass is 16.3. The number of anilines is 2. The number of nitrogens with zero attached hydrogens (tertiary/aromatic N) is 5. The van der Waals surface area contributed by atoms with Gasteiger partial charge in [0.05, 0.1) is 26.2 Å². The van der Waals surface area contributed by atoms with Crippen LogP contribution < -0.4 is 14.7 Å². The monoisotopic (exact) mass is 383 g/mol. The van der Waals surface area contributed by atoms with Gasteiger partial charge in [-0.1, -0.05) is 0 Å². The molecule has 0 radical (unpaired) electrons. The summed E-state index contributed by atoms with van der Waals surface area (Å²) in [6, 6.07) is 9.08. The molecule has 2 aliphatic rings. The highest BCUT2D eigenvalue weighted by molar-refractivity contribution is 5.77. The highest BCUT2D eigenvalue weighted by Crippen LogP contribution is 2.19. The molecule has 0 spiro atoms. The molecule has 2 aromatic rings. The fourth-order valence-electron chi connectivity index (χ4n) is 3.86. The molecule has 8 heteroatoms. The predicted molar refractivity (Wildman–Crippen MR) is 107 cm³/mol. The van der Waals surface area contributed by atoms with Crippen molar-refractivity contribution in [3.05, 3.63) is 42.7 Å². The van der Waals surface area contributed by atoms with Crippen LogP contribution >= 0.6 is 0 Å². The summed E-state index contributed by atoms with van der Waals surface area (Å²) in [7, 11) is 0. The molecular formula is C20H27N6O2+. The van der Waals surface area contributed by atoms with Crippen LogP contribution in [0.5, 0.6) is 5.75 Å².